The van der Waals surface area contributed by atoms with E-state index in [0.717, 1.165) is 22.7 Å². The third-order valence-electron chi connectivity index (χ3n) is 5.77. The lowest BCUT2D eigenvalue weighted by molar-refractivity contribution is 0.0834. The topological polar surface area (TPSA) is 95.0 Å². The lowest BCUT2D eigenvalue weighted by Crippen LogP contribution is -2.51. The minimum atomic E-state index is -3.70. The first kappa shape index (κ1) is 19.7. The first-order valence-electron chi connectivity index (χ1n) is 9.92. The summed E-state index contributed by atoms with van der Waals surface area (Å²) in [6, 6.07) is 4.88. The molecular weight excluding hydrogens is 422 g/mol. The Morgan fingerprint density at radius 1 is 1.33 bits per heavy atom. The van der Waals surface area contributed by atoms with Crippen molar-refractivity contribution >= 4 is 38.9 Å². The molecule has 1 atom stereocenters. The number of hydrogen-bond acceptors (Lipinski definition) is 7. The van der Waals surface area contributed by atoms with E-state index in [9.17, 15) is 13.2 Å². The number of benzene rings is 1. The number of aliphatic imine (C=N–C) groups is 1. The van der Waals surface area contributed by atoms with Crippen molar-refractivity contribution in [3.63, 3.8) is 0 Å². The van der Waals surface area contributed by atoms with Gasteiger partial charge in [-0.1, -0.05) is 0 Å². The van der Waals surface area contributed by atoms with E-state index in [0.29, 0.717) is 30.3 Å². The molecule has 0 radical (unpaired) electrons. The number of guanidine groups is 1. The van der Waals surface area contributed by atoms with Crippen molar-refractivity contribution in [2.75, 3.05) is 11.4 Å². The summed E-state index contributed by atoms with van der Waals surface area (Å²) in [5.74, 6) is 0.375. The summed E-state index contributed by atoms with van der Waals surface area (Å²) >= 11 is 1.54. The summed E-state index contributed by atoms with van der Waals surface area (Å²) < 4.78 is 28.5. The number of fused-ring (bicyclic) bond motifs is 3. The predicted molar refractivity (Wildman–Crippen MR) is 115 cm³/mol. The van der Waals surface area contributed by atoms with Crippen LogP contribution in [0.2, 0.25) is 0 Å². The van der Waals surface area contributed by atoms with E-state index < -0.39 is 10.0 Å². The Bertz CT molecular complexity index is 1180. The van der Waals surface area contributed by atoms with Crippen molar-refractivity contribution in [3.8, 4) is 0 Å². The molecule has 1 aliphatic carbocycles. The second-order valence-electron chi connectivity index (χ2n) is 8.44. The van der Waals surface area contributed by atoms with Crippen LogP contribution in [-0.2, 0) is 16.6 Å². The Morgan fingerprint density at radius 2 is 2.10 bits per heavy atom. The second-order valence-corrected chi connectivity index (χ2v) is 11.4. The number of carbonyl (C=O) groups is 1. The molecule has 158 valence electrons. The van der Waals surface area contributed by atoms with E-state index in [4.69, 9.17) is 0 Å². The third-order valence-corrected chi connectivity index (χ3v) is 8.31. The standard InChI is InChI=1S/C20H23N5O3S2/c1-12-9-22-19-24(11-14-10-21-13(2)29-14)18(26)16-8-15(4-5-17(16)25(12)19)30(27,28)23-20(3)6-7-20/h4-5,8,10,12,23H,6-7,9,11H2,1-3H3/t12-/m1/s1. The molecule has 0 spiro atoms. The molecule has 1 N–H and O–H groups in total. The highest BCUT2D eigenvalue weighted by molar-refractivity contribution is 7.89. The lowest BCUT2D eigenvalue weighted by atomic mass is 10.1. The number of sulfonamides is 1. The summed E-state index contributed by atoms with van der Waals surface area (Å²) in [6.07, 6.45) is 3.42. The number of nitrogens with one attached hydrogen (secondary N) is 1. The monoisotopic (exact) mass is 445 g/mol. The van der Waals surface area contributed by atoms with Crippen LogP contribution in [0.4, 0.5) is 5.69 Å². The van der Waals surface area contributed by atoms with Gasteiger partial charge in [0, 0.05) is 16.6 Å². The van der Waals surface area contributed by atoms with Gasteiger partial charge in [0.15, 0.2) is 0 Å². The van der Waals surface area contributed by atoms with Gasteiger partial charge in [-0.15, -0.1) is 11.3 Å². The van der Waals surface area contributed by atoms with Crippen LogP contribution in [0.15, 0.2) is 34.3 Å². The molecule has 0 saturated heterocycles. The Hall–Kier alpha value is -2.30. The minimum Gasteiger partial charge on any atom is -0.307 e. The van der Waals surface area contributed by atoms with Gasteiger partial charge in [0.05, 0.1) is 40.3 Å². The Labute approximate surface area is 179 Å². The SMILES string of the molecule is Cc1ncc(CN2C(=O)c3cc(S(=O)(=O)NC4(C)CC4)ccc3N3C2=NC[C@H]3C)s1. The van der Waals surface area contributed by atoms with E-state index in [1.807, 2.05) is 25.7 Å². The zero-order valence-electron chi connectivity index (χ0n) is 17.0. The fourth-order valence-corrected chi connectivity index (χ4v) is 6.15. The summed E-state index contributed by atoms with van der Waals surface area (Å²) in [7, 11) is -3.70. The number of carbonyl (C=O) groups excluding carboxylic acids is 1. The minimum absolute atomic E-state index is 0.0866. The third kappa shape index (κ3) is 3.23. The van der Waals surface area contributed by atoms with Gasteiger partial charge in [-0.3, -0.25) is 14.7 Å². The van der Waals surface area contributed by atoms with Gasteiger partial charge in [-0.2, -0.15) is 0 Å². The predicted octanol–water partition coefficient (Wildman–Crippen LogP) is 2.50. The summed E-state index contributed by atoms with van der Waals surface area (Å²) in [5.41, 5.74) is 0.711. The van der Waals surface area contributed by atoms with E-state index in [1.165, 1.54) is 17.4 Å². The fraction of sp³-hybridized carbons (Fsp3) is 0.450. The van der Waals surface area contributed by atoms with Crippen molar-refractivity contribution in [2.24, 2.45) is 4.99 Å². The summed E-state index contributed by atoms with van der Waals surface area (Å²) in [4.78, 5) is 27.0. The number of anilines is 1. The van der Waals surface area contributed by atoms with Gasteiger partial charge in [-0.05, 0) is 51.8 Å². The highest BCUT2D eigenvalue weighted by atomic mass is 32.2. The number of amides is 1. The average Bonchev–Trinajstić information content (AvgIpc) is 3.07. The van der Waals surface area contributed by atoms with Crippen LogP contribution in [0.5, 0.6) is 0 Å². The van der Waals surface area contributed by atoms with Crippen LogP contribution in [-0.4, -0.2) is 48.3 Å². The van der Waals surface area contributed by atoms with E-state index in [2.05, 4.69) is 14.7 Å². The van der Waals surface area contributed by atoms with Gasteiger partial charge in [0.2, 0.25) is 16.0 Å². The number of aryl methyl sites for hydroxylation is 1. The maximum absolute atomic E-state index is 13.4. The molecule has 1 fully saturated rings. The van der Waals surface area contributed by atoms with Crippen LogP contribution < -0.4 is 9.62 Å². The number of aromatic nitrogens is 1. The molecule has 2 aromatic rings. The molecule has 10 heteroatoms. The van der Waals surface area contributed by atoms with Crippen molar-refractivity contribution in [1.29, 1.82) is 0 Å². The molecular formula is C20H23N5O3S2. The number of rotatable bonds is 5. The van der Waals surface area contributed by atoms with Gasteiger partial charge < -0.3 is 4.90 Å². The zero-order valence-corrected chi connectivity index (χ0v) is 18.7. The molecule has 1 saturated carbocycles. The molecule has 3 aliphatic rings. The highest BCUT2D eigenvalue weighted by Crippen LogP contribution is 2.38. The Morgan fingerprint density at radius 3 is 2.77 bits per heavy atom. The molecule has 3 heterocycles. The van der Waals surface area contributed by atoms with Gasteiger partial charge in [-0.25, -0.2) is 18.1 Å². The molecule has 2 aliphatic heterocycles. The molecule has 5 rings (SSSR count). The van der Waals surface area contributed by atoms with Gasteiger partial charge in [0.25, 0.3) is 5.91 Å². The van der Waals surface area contributed by atoms with Crippen molar-refractivity contribution in [3.05, 3.63) is 39.8 Å². The number of thiazole rings is 1. The molecule has 0 unspecified atom stereocenters. The molecule has 1 amide bonds. The number of hydrogen-bond donors (Lipinski definition) is 1. The maximum atomic E-state index is 13.4. The van der Waals surface area contributed by atoms with E-state index in [-0.39, 0.29) is 22.4 Å². The zero-order chi connectivity index (χ0) is 21.3. The molecule has 0 bridgehead atoms. The molecule has 1 aromatic carbocycles. The quantitative estimate of drug-likeness (QED) is 0.763. The van der Waals surface area contributed by atoms with Crippen LogP contribution in [0.1, 0.15) is 46.9 Å². The second kappa shape index (κ2) is 6.60. The summed E-state index contributed by atoms with van der Waals surface area (Å²) in [5, 5.41) is 0.932. The van der Waals surface area contributed by atoms with E-state index >= 15 is 0 Å². The van der Waals surface area contributed by atoms with E-state index in [1.54, 1.807) is 23.2 Å². The Balaban J connectivity index is 1.55. The molecule has 8 nitrogen and oxygen atoms in total. The van der Waals surface area contributed by atoms with Crippen LogP contribution in [0.25, 0.3) is 0 Å². The van der Waals surface area contributed by atoms with Crippen LogP contribution in [0.3, 0.4) is 0 Å². The molecule has 1 aromatic heterocycles. The Kier molecular flexibility index (Phi) is 4.32. The van der Waals surface area contributed by atoms with Crippen LogP contribution >= 0.6 is 11.3 Å². The number of nitrogens with zero attached hydrogens (tertiary/aromatic N) is 4. The van der Waals surface area contributed by atoms with Crippen LogP contribution in [0, 0.1) is 6.92 Å². The lowest BCUT2D eigenvalue weighted by Gasteiger charge is -2.37. The van der Waals surface area contributed by atoms with Crippen molar-refractivity contribution in [2.45, 2.75) is 56.6 Å². The van der Waals surface area contributed by atoms with Gasteiger partial charge in [0.1, 0.15) is 0 Å². The first-order valence-corrected chi connectivity index (χ1v) is 12.2. The smallest absolute Gasteiger partial charge is 0.263 e. The molecule has 30 heavy (non-hydrogen) atoms. The van der Waals surface area contributed by atoms with Crippen molar-refractivity contribution < 1.29 is 13.2 Å². The largest absolute Gasteiger partial charge is 0.307 e. The van der Waals surface area contributed by atoms with Gasteiger partial charge >= 0.3 is 0 Å². The first-order chi connectivity index (χ1) is 14.2. The fourth-order valence-electron chi connectivity index (χ4n) is 3.88. The normalized spacial score (nSPS) is 22.0. The maximum Gasteiger partial charge on any atom is 0.263 e. The highest BCUT2D eigenvalue weighted by Gasteiger charge is 2.43. The average molecular weight is 446 g/mol. The summed E-state index contributed by atoms with van der Waals surface area (Å²) in [6.45, 7) is 6.81. The van der Waals surface area contributed by atoms with Crippen molar-refractivity contribution in [1.82, 2.24) is 14.6 Å².